The molecule has 0 saturated carbocycles. The number of carbonyl (C=O) groups excluding carboxylic acids is 1. The van der Waals surface area contributed by atoms with Crippen LogP contribution in [-0.2, 0) is 6.54 Å². The first-order chi connectivity index (χ1) is 12.2. The third kappa shape index (κ3) is 3.74. The van der Waals surface area contributed by atoms with Gasteiger partial charge in [-0.05, 0) is 18.2 Å². The smallest absolute Gasteiger partial charge is 0.271 e. The van der Waals surface area contributed by atoms with Crippen LogP contribution in [0.5, 0.6) is 11.5 Å². The maximum atomic E-state index is 11.9. The minimum Gasteiger partial charge on any atom is -0.493 e. The van der Waals surface area contributed by atoms with E-state index in [1.807, 2.05) is 6.07 Å². The quantitative estimate of drug-likeness (QED) is 0.733. The zero-order valence-electron chi connectivity index (χ0n) is 13.7. The van der Waals surface area contributed by atoms with Crippen molar-refractivity contribution in [3.8, 4) is 22.8 Å². The Hall–Kier alpha value is -3.42. The first-order valence-electron chi connectivity index (χ1n) is 7.43. The molecule has 0 fully saturated rings. The third-order valence-electron chi connectivity index (χ3n) is 3.45. The summed E-state index contributed by atoms with van der Waals surface area (Å²) in [6, 6.07) is 7.16. The molecule has 0 bridgehead atoms. The molecule has 1 aromatic carbocycles. The number of carbonyl (C=O) groups is 1. The zero-order chi connectivity index (χ0) is 17.6. The van der Waals surface area contributed by atoms with E-state index < -0.39 is 0 Å². The van der Waals surface area contributed by atoms with Gasteiger partial charge in [0, 0.05) is 24.0 Å². The number of aromatic nitrogens is 3. The fourth-order valence-electron chi connectivity index (χ4n) is 2.20. The van der Waals surface area contributed by atoms with Crippen LogP contribution in [0.4, 0.5) is 0 Å². The molecule has 0 radical (unpaired) electrons. The van der Waals surface area contributed by atoms with E-state index >= 15 is 0 Å². The summed E-state index contributed by atoms with van der Waals surface area (Å²) in [5.41, 5.74) is 1.62. The molecule has 8 heteroatoms. The van der Waals surface area contributed by atoms with Gasteiger partial charge in [0.15, 0.2) is 17.3 Å². The van der Waals surface area contributed by atoms with Crippen LogP contribution in [0, 0.1) is 0 Å². The predicted molar refractivity (Wildman–Crippen MR) is 88.2 cm³/mol. The van der Waals surface area contributed by atoms with Gasteiger partial charge < -0.3 is 19.3 Å². The monoisotopic (exact) mass is 340 g/mol. The summed E-state index contributed by atoms with van der Waals surface area (Å²) in [7, 11) is 3.14. The molecule has 25 heavy (non-hydrogen) atoms. The second-order valence-electron chi connectivity index (χ2n) is 5.03. The van der Waals surface area contributed by atoms with Crippen molar-refractivity contribution in [2.24, 2.45) is 0 Å². The summed E-state index contributed by atoms with van der Waals surface area (Å²) >= 11 is 0. The summed E-state index contributed by atoms with van der Waals surface area (Å²) in [5.74, 6) is 1.45. The van der Waals surface area contributed by atoms with Gasteiger partial charge in [-0.1, -0.05) is 5.16 Å². The van der Waals surface area contributed by atoms with E-state index in [4.69, 9.17) is 14.0 Å². The number of methoxy groups -OCH3 is 2. The van der Waals surface area contributed by atoms with E-state index in [9.17, 15) is 4.79 Å². The molecule has 0 aliphatic carbocycles. The Bertz CT molecular complexity index is 864. The van der Waals surface area contributed by atoms with E-state index in [1.165, 1.54) is 18.6 Å². The molecule has 0 aliphatic heterocycles. The largest absolute Gasteiger partial charge is 0.493 e. The van der Waals surface area contributed by atoms with Gasteiger partial charge in [-0.2, -0.15) is 0 Å². The summed E-state index contributed by atoms with van der Waals surface area (Å²) < 4.78 is 15.8. The predicted octanol–water partition coefficient (Wildman–Crippen LogP) is 2.08. The molecule has 0 unspecified atom stereocenters. The number of rotatable bonds is 6. The van der Waals surface area contributed by atoms with E-state index in [-0.39, 0.29) is 18.1 Å². The summed E-state index contributed by atoms with van der Waals surface area (Å²) in [4.78, 5) is 19.7. The SMILES string of the molecule is COc1ccc(-c2cc(CNC(=O)c3cnccn3)no2)cc1OC. The highest BCUT2D eigenvalue weighted by atomic mass is 16.5. The first-order valence-corrected chi connectivity index (χ1v) is 7.43. The van der Waals surface area contributed by atoms with Crippen molar-refractivity contribution < 1.29 is 18.8 Å². The molecule has 0 atom stereocenters. The van der Waals surface area contributed by atoms with Crippen LogP contribution in [0.25, 0.3) is 11.3 Å². The van der Waals surface area contributed by atoms with Crippen LogP contribution < -0.4 is 14.8 Å². The van der Waals surface area contributed by atoms with Crippen molar-refractivity contribution in [1.82, 2.24) is 20.4 Å². The molecule has 3 aromatic rings. The lowest BCUT2D eigenvalue weighted by atomic mass is 10.1. The average molecular weight is 340 g/mol. The van der Waals surface area contributed by atoms with Crippen molar-refractivity contribution in [3.05, 3.63) is 54.2 Å². The van der Waals surface area contributed by atoms with Gasteiger partial charge in [0.1, 0.15) is 11.4 Å². The molecule has 1 amide bonds. The van der Waals surface area contributed by atoms with Crippen molar-refractivity contribution in [3.63, 3.8) is 0 Å². The van der Waals surface area contributed by atoms with Gasteiger partial charge in [0.2, 0.25) is 0 Å². The van der Waals surface area contributed by atoms with Crippen LogP contribution >= 0.6 is 0 Å². The molecular formula is C17H16N4O4. The Morgan fingerprint density at radius 2 is 2.00 bits per heavy atom. The summed E-state index contributed by atoms with van der Waals surface area (Å²) in [6.07, 6.45) is 4.36. The number of nitrogens with one attached hydrogen (secondary N) is 1. The van der Waals surface area contributed by atoms with Crippen molar-refractivity contribution in [2.45, 2.75) is 6.54 Å². The van der Waals surface area contributed by atoms with Gasteiger partial charge >= 0.3 is 0 Å². The molecule has 0 aliphatic rings. The molecule has 128 valence electrons. The number of nitrogens with zero attached hydrogens (tertiary/aromatic N) is 3. The molecule has 3 rings (SSSR count). The molecule has 2 aromatic heterocycles. The normalized spacial score (nSPS) is 10.3. The van der Waals surface area contributed by atoms with Crippen LogP contribution in [0.2, 0.25) is 0 Å². The molecule has 0 saturated heterocycles. The van der Waals surface area contributed by atoms with Gasteiger partial charge in [-0.15, -0.1) is 0 Å². The van der Waals surface area contributed by atoms with Crippen LogP contribution in [0.3, 0.4) is 0 Å². The summed E-state index contributed by atoms with van der Waals surface area (Å²) in [5, 5.41) is 6.67. The van der Waals surface area contributed by atoms with Gasteiger partial charge in [-0.3, -0.25) is 9.78 Å². The van der Waals surface area contributed by atoms with Crippen molar-refractivity contribution >= 4 is 5.91 Å². The van der Waals surface area contributed by atoms with E-state index in [1.54, 1.807) is 32.4 Å². The maximum Gasteiger partial charge on any atom is 0.271 e. The Morgan fingerprint density at radius 3 is 2.72 bits per heavy atom. The lowest BCUT2D eigenvalue weighted by molar-refractivity contribution is 0.0944. The van der Waals surface area contributed by atoms with Gasteiger partial charge in [0.25, 0.3) is 5.91 Å². The maximum absolute atomic E-state index is 11.9. The average Bonchev–Trinajstić information content (AvgIpc) is 3.15. The molecule has 2 heterocycles. The highest BCUT2D eigenvalue weighted by Crippen LogP contribution is 2.32. The lowest BCUT2D eigenvalue weighted by Crippen LogP contribution is -2.23. The fraction of sp³-hybridized carbons (Fsp3) is 0.176. The molecule has 8 nitrogen and oxygen atoms in total. The van der Waals surface area contributed by atoms with E-state index in [0.29, 0.717) is 23.0 Å². The number of ether oxygens (including phenoxy) is 2. The molecule has 0 spiro atoms. The Kier molecular flexibility index (Phi) is 4.89. The highest BCUT2D eigenvalue weighted by Gasteiger charge is 2.12. The minimum atomic E-state index is -0.330. The standard InChI is InChI=1S/C17H16N4O4/c1-23-14-4-3-11(7-16(14)24-2)15-8-12(21-25-15)9-20-17(22)13-10-18-5-6-19-13/h3-8,10H,9H2,1-2H3,(H,20,22). The van der Waals surface area contributed by atoms with Crippen LogP contribution in [-0.4, -0.2) is 35.3 Å². The highest BCUT2D eigenvalue weighted by molar-refractivity contribution is 5.91. The van der Waals surface area contributed by atoms with Crippen LogP contribution in [0.1, 0.15) is 16.2 Å². The van der Waals surface area contributed by atoms with Crippen molar-refractivity contribution in [1.29, 1.82) is 0 Å². The second kappa shape index (κ2) is 7.43. The second-order valence-corrected chi connectivity index (χ2v) is 5.03. The number of hydrogen-bond acceptors (Lipinski definition) is 7. The van der Waals surface area contributed by atoms with Crippen molar-refractivity contribution in [2.75, 3.05) is 14.2 Å². The lowest BCUT2D eigenvalue weighted by Gasteiger charge is -2.07. The number of hydrogen-bond donors (Lipinski definition) is 1. The van der Waals surface area contributed by atoms with E-state index in [2.05, 4.69) is 20.4 Å². The molecule has 1 N–H and O–H groups in total. The van der Waals surface area contributed by atoms with Gasteiger partial charge in [-0.25, -0.2) is 4.98 Å². The van der Waals surface area contributed by atoms with Crippen LogP contribution in [0.15, 0.2) is 47.4 Å². The molecular weight excluding hydrogens is 324 g/mol. The fourth-order valence-corrected chi connectivity index (χ4v) is 2.20. The van der Waals surface area contributed by atoms with E-state index in [0.717, 1.165) is 5.56 Å². The Morgan fingerprint density at radius 1 is 1.16 bits per heavy atom. The topological polar surface area (TPSA) is 99.4 Å². The zero-order valence-corrected chi connectivity index (χ0v) is 13.7. The first kappa shape index (κ1) is 16.4. The third-order valence-corrected chi connectivity index (χ3v) is 3.45. The summed E-state index contributed by atoms with van der Waals surface area (Å²) in [6.45, 7) is 0.214. The number of benzene rings is 1. The Labute approximate surface area is 143 Å². The number of amides is 1. The van der Waals surface area contributed by atoms with Gasteiger partial charge in [0.05, 0.1) is 27.0 Å². The Balaban J connectivity index is 1.69. The minimum absolute atomic E-state index is 0.214.